The molecular formula is C35H41F3N4O3S. The summed E-state index contributed by atoms with van der Waals surface area (Å²) < 4.78 is 79.9. The highest BCUT2D eigenvalue weighted by Gasteiger charge is 2.64. The van der Waals surface area contributed by atoms with Gasteiger partial charge in [0.2, 0.25) is 11.8 Å². The summed E-state index contributed by atoms with van der Waals surface area (Å²) in [5.41, 5.74) is 2.40. The Labute approximate surface area is 269 Å². The van der Waals surface area contributed by atoms with Crippen molar-refractivity contribution in [2.24, 2.45) is 22.7 Å². The largest absolute Gasteiger partial charge is 0.477 e. The summed E-state index contributed by atoms with van der Waals surface area (Å²) in [6.45, 7) is 5.95. The third-order valence-corrected chi connectivity index (χ3v) is 12.6. The highest BCUT2D eigenvalue weighted by Crippen LogP contribution is 2.64. The van der Waals surface area contributed by atoms with Gasteiger partial charge >= 0.3 is 6.18 Å². The molecule has 2 aromatic carbocycles. The second-order valence-electron chi connectivity index (χ2n) is 14.4. The minimum absolute atomic E-state index is 0.0361. The van der Waals surface area contributed by atoms with E-state index in [0.29, 0.717) is 5.69 Å². The first-order valence-corrected chi connectivity index (χ1v) is 17.7. The van der Waals surface area contributed by atoms with Gasteiger partial charge in [0.15, 0.2) is 0 Å². The van der Waals surface area contributed by atoms with Gasteiger partial charge in [-0.2, -0.15) is 18.2 Å². The van der Waals surface area contributed by atoms with E-state index in [2.05, 4.69) is 26.6 Å². The van der Waals surface area contributed by atoms with E-state index in [9.17, 15) is 21.6 Å². The van der Waals surface area contributed by atoms with Crippen molar-refractivity contribution in [1.82, 2.24) is 14.9 Å². The van der Waals surface area contributed by atoms with Crippen LogP contribution >= 0.6 is 0 Å². The summed E-state index contributed by atoms with van der Waals surface area (Å²) in [5, 5.41) is 0. The van der Waals surface area contributed by atoms with Crippen LogP contribution in [0.1, 0.15) is 67.6 Å². The quantitative estimate of drug-likeness (QED) is 0.314. The van der Waals surface area contributed by atoms with E-state index in [4.69, 9.17) is 4.74 Å². The van der Waals surface area contributed by atoms with Crippen LogP contribution in [0.4, 0.5) is 19.1 Å². The number of alkyl halides is 3. The van der Waals surface area contributed by atoms with Gasteiger partial charge in [0, 0.05) is 17.5 Å². The highest BCUT2D eigenvalue weighted by atomic mass is 32.2. The fourth-order valence-corrected chi connectivity index (χ4v) is 9.43. The number of hydrogen-bond acceptors (Lipinski definition) is 6. The average Bonchev–Trinajstić information content (AvgIpc) is 3.77. The highest BCUT2D eigenvalue weighted by molar-refractivity contribution is 7.92. The zero-order valence-electron chi connectivity index (χ0n) is 26.5. The van der Waals surface area contributed by atoms with Crippen molar-refractivity contribution < 1.29 is 26.3 Å². The van der Waals surface area contributed by atoms with Crippen LogP contribution in [0.15, 0.2) is 53.4 Å². The third-order valence-electron chi connectivity index (χ3n) is 11.2. The van der Waals surface area contributed by atoms with Gasteiger partial charge in [0.25, 0.3) is 10.0 Å². The second kappa shape index (κ2) is 11.2. The molecule has 1 N–H and O–H groups in total. The maximum absolute atomic E-state index is 14.5. The number of nitrogens with zero attached hydrogens (tertiary/aromatic N) is 3. The van der Waals surface area contributed by atoms with Crippen molar-refractivity contribution in [3.63, 3.8) is 0 Å². The molecule has 1 saturated heterocycles. The van der Waals surface area contributed by atoms with E-state index in [1.165, 1.54) is 6.07 Å². The Bertz CT molecular complexity index is 1720. The maximum atomic E-state index is 14.5. The van der Waals surface area contributed by atoms with Gasteiger partial charge < -0.3 is 9.64 Å². The molecule has 2 aliphatic carbocycles. The van der Waals surface area contributed by atoms with Crippen LogP contribution in [0.3, 0.4) is 0 Å². The van der Waals surface area contributed by atoms with Crippen LogP contribution < -0.4 is 9.46 Å². The van der Waals surface area contributed by atoms with Crippen molar-refractivity contribution in [2.45, 2.75) is 75.8 Å². The van der Waals surface area contributed by atoms with E-state index in [-0.39, 0.29) is 59.8 Å². The van der Waals surface area contributed by atoms with Gasteiger partial charge in [-0.05, 0) is 125 Å². The minimum atomic E-state index is -4.32. The Morgan fingerprint density at radius 2 is 1.65 bits per heavy atom. The van der Waals surface area contributed by atoms with Crippen molar-refractivity contribution in [3.05, 3.63) is 65.2 Å². The summed E-state index contributed by atoms with van der Waals surface area (Å²) in [6.07, 6.45) is -0.184. The molecule has 3 aromatic rings. The van der Waals surface area contributed by atoms with E-state index in [1.54, 1.807) is 18.2 Å². The fraction of sp³-hybridized carbons (Fsp3) is 0.543. The number of aromatic nitrogens is 2. The van der Waals surface area contributed by atoms with Gasteiger partial charge in [-0.3, -0.25) is 0 Å². The Hall–Kier alpha value is -3.18. The zero-order valence-corrected chi connectivity index (χ0v) is 27.3. The Kier molecular flexibility index (Phi) is 7.66. The topological polar surface area (TPSA) is 84.4 Å². The molecule has 3 fully saturated rings. The lowest BCUT2D eigenvalue weighted by atomic mass is 9.52. The molecule has 46 heavy (non-hydrogen) atoms. The van der Waals surface area contributed by atoms with Crippen LogP contribution in [0.5, 0.6) is 5.88 Å². The van der Waals surface area contributed by atoms with Gasteiger partial charge in [-0.25, -0.2) is 18.1 Å². The molecule has 0 radical (unpaired) electrons. The number of rotatable bonds is 4. The van der Waals surface area contributed by atoms with Crippen LogP contribution in [0.2, 0.25) is 0 Å². The van der Waals surface area contributed by atoms with Gasteiger partial charge in [-0.1, -0.05) is 30.3 Å². The Balaban J connectivity index is 1.32. The lowest BCUT2D eigenvalue weighted by molar-refractivity contribution is -0.194. The predicted octanol–water partition coefficient (Wildman–Crippen LogP) is 7.51. The lowest BCUT2D eigenvalue weighted by Crippen LogP contribution is -2.49. The summed E-state index contributed by atoms with van der Waals surface area (Å²) in [5.74, 6) is -0.674. The summed E-state index contributed by atoms with van der Waals surface area (Å²) in [4.78, 5) is 11.3. The van der Waals surface area contributed by atoms with Crippen molar-refractivity contribution in [3.8, 4) is 17.1 Å². The molecule has 0 amide bonds. The number of sulfonamides is 1. The van der Waals surface area contributed by atoms with Crippen LogP contribution in [-0.2, 0) is 10.0 Å². The molecule has 1 spiro atoms. The number of hydrogen-bond donors (Lipinski definition) is 1. The van der Waals surface area contributed by atoms with Gasteiger partial charge in [0.05, 0.1) is 22.6 Å². The number of ether oxygens (including phenoxy) is 1. The SMILES string of the molecule is Cc1cccc(C)c1-c1cc2nc(n1)NS(=O)(=O)c1cccc(c1)C(C1CC3(CCN(C)CC3)C1)[C@@H](CC1(C(F)(F)F)CC1)CO2. The van der Waals surface area contributed by atoms with E-state index in [0.717, 1.165) is 61.0 Å². The standard InChI is InChI=1S/C35H41F3N4O3S/c1-22-6-4-7-23(2)30(22)28-17-29-40-32(39-28)41-46(43,44)27-9-5-8-24(16-27)31(25-18-33(19-25)12-14-42(3)15-13-33)26(21-45-29)20-34(10-11-34)35(36,37)38/h4-9,16-17,25-26,31H,10-15,18-21H2,1-3H3,(H,39,40,41)/t26-,31?/m0/s1. The van der Waals surface area contributed by atoms with E-state index in [1.807, 2.05) is 38.1 Å². The smallest absolute Gasteiger partial charge is 0.394 e. The molecule has 7 nitrogen and oxygen atoms in total. The molecule has 1 unspecified atom stereocenters. The number of fused-ring (bicyclic) bond motifs is 4. The second-order valence-corrected chi connectivity index (χ2v) is 16.1. The lowest BCUT2D eigenvalue weighted by Gasteiger charge is -2.55. The molecule has 4 bridgehead atoms. The normalized spacial score (nSPS) is 25.3. The molecular weight excluding hydrogens is 613 g/mol. The van der Waals surface area contributed by atoms with Crippen LogP contribution in [-0.4, -0.2) is 56.2 Å². The molecule has 7 rings (SSSR count). The molecule has 2 saturated carbocycles. The number of anilines is 1. The zero-order chi connectivity index (χ0) is 32.5. The van der Waals surface area contributed by atoms with Crippen molar-refractivity contribution in [1.29, 1.82) is 0 Å². The van der Waals surface area contributed by atoms with Crippen LogP contribution in [0, 0.1) is 36.5 Å². The van der Waals surface area contributed by atoms with Crippen molar-refractivity contribution >= 4 is 16.0 Å². The summed E-state index contributed by atoms with van der Waals surface area (Å²) in [7, 11) is -1.99. The number of halogens is 3. The Morgan fingerprint density at radius 3 is 2.30 bits per heavy atom. The first-order chi connectivity index (χ1) is 21.8. The fourth-order valence-electron chi connectivity index (χ4n) is 8.43. The number of benzene rings is 2. The number of piperidine rings is 1. The first-order valence-electron chi connectivity index (χ1n) is 16.2. The van der Waals surface area contributed by atoms with E-state index >= 15 is 0 Å². The monoisotopic (exact) mass is 654 g/mol. The molecule has 3 heterocycles. The van der Waals surface area contributed by atoms with E-state index < -0.39 is 27.5 Å². The molecule has 4 aliphatic rings. The molecule has 11 heteroatoms. The summed E-state index contributed by atoms with van der Waals surface area (Å²) >= 11 is 0. The maximum Gasteiger partial charge on any atom is 0.394 e. The summed E-state index contributed by atoms with van der Waals surface area (Å²) in [6, 6.07) is 14.2. The van der Waals surface area contributed by atoms with Crippen molar-refractivity contribution in [2.75, 3.05) is 31.5 Å². The van der Waals surface area contributed by atoms with Crippen LogP contribution in [0.25, 0.3) is 11.3 Å². The number of aryl methyl sites for hydroxylation is 2. The Morgan fingerprint density at radius 1 is 0.978 bits per heavy atom. The third kappa shape index (κ3) is 5.78. The average molecular weight is 655 g/mol. The molecule has 246 valence electrons. The number of likely N-dealkylation sites (tertiary alicyclic amines) is 1. The molecule has 2 atom stereocenters. The van der Waals surface area contributed by atoms with Gasteiger partial charge in [0.1, 0.15) is 0 Å². The first kappa shape index (κ1) is 31.4. The number of nitrogens with one attached hydrogen (secondary N) is 1. The molecule has 2 aliphatic heterocycles. The molecule has 1 aromatic heterocycles. The van der Waals surface area contributed by atoms with Gasteiger partial charge in [-0.15, -0.1) is 0 Å². The minimum Gasteiger partial charge on any atom is -0.477 e. The predicted molar refractivity (Wildman–Crippen MR) is 170 cm³/mol.